The van der Waals surface area contributed by atoms with Crippen LogP contribution in [-0.2, 0) is 0 Å². The molecule has 2 amide bonds. The lowest BCUT2D eigenvalue weighted by Crippen LogP contribution is -2.32. The Morgan fingerprint density at radius 3 is 2.60 bits per heavy atom. The lowest BCUT2D eigenvalue weighted by atomic mass is 10.2. The molecule has 0 aliphatic rings. The van der Waals surface area contributed by atoms with Crippen molar-refractivity contribution in [2.75, 3.05) is 29.5 Å². The molecule has 0 spiro atoms. The van der Waals surface area contributed by atoms with Gasteiger partial charge in [-0.1, -0.05) is 6.58 Å². The fourth-order valence-corrected chi connectivity index (χ4v) is 4.57. The standard InChI is InChI=1S/C31H29F2N9O3/c1-16-25(15-38-42-28-21-12-19(32)5-7-23(21)40-31(28)45)39-17(2)27(16)30(44)36-11-3-10-35-26-9-4-18(14-37-26)29(43)41-24-8-6-20(33)13-22(24)34/h4-9,12-15,39-40,45H,1,3,10-11,34H2,2H3,(H,35,37)(H,36,44)(H,41,43). The van der Waals surface area contributed by atoms with Gasteiger partial charge in [0.1, 0.15) is 17.5 Å². The number of aromatic hydroxyl groups is 1. The number of benzene rings is 2. The van der Waals surface area contributed by atoms with Crippen molar-refractivity contribution in [3.8, 4) is 5.88 Å². The number of anilines is 3. The topological polar surface area (TPSA) is 186 Å². The zero-order valence-electron chi connectivity index (χ0n) is 24.0. The summed E-state index contributed by atoms with van der Waals surface area (Å²) in [5.41, 5.74) is 8.01. The van der Waals surface area contributed by atoms with Crippen molar-refractivity contribution in [1.29, 1.82) is 0 Å². The maximum atomic E-state index is 13.7. The number of aryl methyl sites for hydroxylation is 1. The van der Waals surface area contributed by atoms with Gasteiger partial charge in [-0.2, -0.15) is 5.11 Å². The molecule has 8 N–H and O–H groups in total. The van der Waals surface area contributed by atoms with E-state index in [0.29, 0.717) is 69.3 Å². The second-order valence-corrected chi connectivity index (χ2v) is 10.0. The van der Waals surface area contributed by atoms with Crippen LogP contribution in [0.1, 0.15) is 32.8 Å². The summed E-state index contributed by atoms with van der Waals surface area (Å²) in [4.78, 5) is 35.3. The van der Waals surface area contributed by atoms with Gasteiger partial charge in [0.2, 0.25) is 5.88 Å². The van der Waals surface area contributed by atoms with E-state index >= 15 is 0 Å². The van der Waals surface area contributed by atoms with Crippen LogP contribution in [0.4, 0.5) is 31.7 Å². The summed E-state index contributed by atoms with van der Waals surface area (Å²) < 4.78 is 26.9. The predicted molar refractivity (Wildman–Crippen MR) is 168 cm³/mol. The van der Waals surface area contributed by atoms with Gasteiger partial charge in [-0.05, 0) is 61.9 Å². The zero-order valence-corrected chi connectivity index (χ0v) is 24.0. The van der Waals surface area contributed by atoms with Crippen LogP contribution in [0, 0.1) is 18.6 Å². The number of amides is 2. The lowest BCUT2D eigenvalue weighted by Gasteiger charge is -2.09. The summed E-state index contributed by atoms with van der Waals surface area (Å²) in [6.07, 6.45) is 3.35. The molecular weight excluding hydrogens is 584 g/mol. The first kappa shape index (κ1) is 30.4. The number of nitrogens with two attached hydrogens (primary N) is 1. The fraction of sp³-hybridized carbons (Fsp3) is 0.129. The molecule has 5 rings (SSSR count). The Labute approximate surface area is 254 Å². The average Bonchev–Trinajstić information content (AvgIpc) is 3.47. The summed E-state index contributed by atoms with van der Waals surface area (Å²) in [5, 5.41) is 28.0. The highest BCUT2D eigenvalue weighted by Gasteiger charge is 2.14. The summed E-state index contributed by atoms with van der Waals surface area (Å²) in [5.74, 6) is -1.43. The smallest absolute Gasteiger partial charge is 0.257 e. The monoisotopic (exact) mass is 613 g/mol. The molecule has 0 saturated heterocycles. The molecule has 0 radical (unpaired) electrons. The number of aromatic nitrogens is 3. The Bertz CT molecular complexity index is 2040. The van der Waals surface area contributed by atoms with Crippen molar-refractivity contribution in [2.45, 2.75) is 13.3 Å². The number of aromatic amines is 2. The molecule has 0 fully saturated rings. The second kappa shape index (κ2) is 13.1. The molecule has 0 aliphatic carbocycles. The summed E-state index contributed by atoms with van der Waals surface area (Å²) in [6.45, 7) is 6.59. The number of azo groups is 1. The average molecular weight is 614 g/mol. The van der Waals surface area contributed by atoms with Crippen molar-refractivity contribution >= 4 is 58.4 Å². The number of fused-ring (bicyclic) bond motifs is 1. The van der Waals surface area contributed by atoms with Gasteiger partial charge in [0, 0.05) is 35.6 Å². The van der Waals surface area contributed by atoms with Gasteiger partial charge >= 0.3 is 0 Å². The van der Waals surface area contributed by atoms with Crippen LogP contribution in [0.3, 0.4) is 0 Å². The second-order valence-electron chi connectivity index (χ2n) is 10.0. The van der Waals surface area contributed by atoms with Gasteiger partial charge in [0.25, 0.3) is 11.8 Å². The van der Waals surface area contributed by atoms with Crippen molar-refractivity contribution in [3.63, 3.8) is 0 Å². The van der Waals surface area contributed by atoms with Crippen molar-refractivity contribution in [2.24, 2.45) is 10.2 Å². The van der Waals surface area contributed by atoms with Gasteiger partial charge in [0.15, 0.2) is 5.69 Å². The predicted octanol–water partition coefficient (Wildman–Crippen LogP) is 4.18. The number of pyridine rings is 1. The molecular formula is C31H29F2N9O3. The zero-order chi connectivity index (χ0) is 32.1. The fourth-order valence-electron chi connectivity index (χ4n) is 4.57. The molecule has 230 valence electrons. The molecule has 12 nitrogen and oxygen atoms in total. The van der Waals surface area contributed by atoms with Gasteiger partial charge in [0.05, 0.1) is 39.6 Å². The molecule has 5 aromatic rings. The molecule has 0 saturated carbocycles. The van der Waals surface area contributed by atoms with E-state index in [1.165, 1.54) is 42.7 Å². The van der Waals surface area contributed by atoms with Crippen LogP contribution in [0.25, 0.3) is 23.7 Å². The molecule has 0 bridgehead atoms. The van der Waals surface area contributed by atoms with E-state index in [-0.39, 0.29) is 23.2 Å². The number of nitrogen functional groups attached to an aromatic ring is 1. The third-order valence-corrected chi connectivity index (χ3v) is 6.84. The van der Waals surface area contributed by atoms with E-state index in [2.05, 4.69) is 47.7 Å². The van der Waals surface area contributed by atoms with Gasteiger partial charge in [-0.15, -0.1) is 5.11 Å². The Kier molecular flexibility index (Phi) is 8.84. The number of hydrogen-bond donors (Lipinski definition) is 7. The van der Waals surface area contributed by atoms with E-state index in [4.69, 9.17) is 5.73 Å². The Hall–Kier alpha value is -6.05. The van der Waals surface area contributed by atoms with E-state index in [1.807, 2.05) is 0 Å². The van der Waals surface area contributed by atoms with Crippen LogP contribution >= 0.6 is 0 Å². The van der Waals surface area contributed by atoms with Crippen molar-refractivity contribution in [1.82, 2.24) is 20.3 Å². The van der Waals surface area contributed by atoms with E-state index in [9.17, 15) is 23.5 Å². The van der Waals surface area contributed by atoms with E-state index < -0.39 is 17.5 Å². The minimum absolute atomic E-state index is 0.0883. The quantitative estimate of drug-likeness (QED) is 0.0703. The number of carbonyl (C=O) groups is 2. The minimum atomic E-state index is -0.497. The maximum absolute atomic E-state index is 13.7. The van der Waals surface area contributed by atoms with Crippen LogP contribution in [0.5, 0.6) is 5.88 Å². The number of nitrogens with zero attached hydrogens (tertiary/aromatic N) is 3. The third-order valence-electron chi connectivity index (χ3n) is 6.84. The summed E-state index contributed by atoms with van der Waals surface area (Å²) in [7, 11) is 0. The highest BCUT2D eigenvalue weighted by atomic mass is 19.1. The number of H-pyrrole nitrogens is 2. The first-order valence-electron chi connectivity index (χ1n) is 13.7. The molecule has 0 unspecified atom stereocenters. The molecule has 2 aromatic carbocycles. The summed E-state index contributed by atoms with van der Waals surface area (Å²) in [6, 6.07) is 10.9. The Balaban J connectivity index is 1.11. The third kappa shape index (κ3) is 6.96. The minimum Gasteiger partial charge on any atom is -0.493 e. The van der Waals surface area contributed by atoms with Crippen LogP contribution in [0.15, 0.2) is 65.0 Å². The first-order chi connectivity index (χ1) is 21.6. The van der Waals surface area contributed by atoms with Gasteiger partial charge < -0.3 is 36.8 Å². The molecule has 3 heterocycles. The highest BCUT2D eigenvalue weighted by molar-refractivity contribution is 6.05. The van der Waals surface area contributed by atoms with Gasteiger partial charge in [-0.3, -0.25) is 9.59 Å². The van der Waals surface area contributed by atoms with E-state index in [1.54, 1.807) is 19.1 Å². The van der Waals surface area contributed by atoms with Crippen LogP contribution in [0.2, 0.25) is 0 Å². The maximum Gasteiger partial charge on any atom is 0.257 e. The number of halogens is 2. The summed E-state index contributed by atoms with van der Waals surface area (Å²) >= 11 is 0. The largest absolute Gasteiger partial charge is 0.493 e. The normalized spacial score (nSPS) is 11.8. The molecule has 0 aliphatic heterocycles. The molecule has 14 heteroatoms. The van der Waals surface area contributed by atoms with Crippen molar-refractivity contribution < 1.29 is 23.5 Å². The number of hydrogen-bond acceptors (Lipinski definition) is 8. The molecule has 45 heavy (non-hydrogen) atoms. The Morgan fingerprint density at radius 1 is 1.07 bits per heavy atom. The van der Waals surface area contributed by atoms with Crippen LogP contribution in [-0.4, -0.2) is 45.0 Å². The highest BCUT2D eigenvalue weighted by Crippen LogP contribution is 2.35. The number of carbonyl (C=O) groups excluding carboxylic acids is 2. The van der Waals surface area contributed by atoms with Crippen LogP contribution < -0.4 is 32.3 Å². The number of rotatable bonds is 10. The molecule has 3 aromatic heterocycles. The lowest BCUT2D eigenvalue weighted by molar-refractivity contribution is 0.0951. The Morgan fingerprint density at radius 2 is 1.84 bits per heavy atom. The van der Waals surface area contributed by atoms with Gasteiger partial charge in [-0.25, -0.2) is 13.8 Å². The SMILES string of the molecule is C=c1c(C(=O)NCCCNc2ccc(C(=O)Nc3ccc(F)cc3N)cn2)c(C)[nH]c1=CN=Nc1c(O)[nH]c2ccc(F)cc12. The number of nitrogens with one attached hydrogen (secondary N) is 5. The first-order valence-corrected chi connectivity index (χ1v) is 13.7. The van der Waals surface area contributed by atoms with E-state index in [0.717, 1.165) is 6.07 Å². The van der Waals surface area contributed by atoms with Crippen molar-refractivity contribution in [3.05, 3.63) is 93.8 Å². The molecule has 0 atom stereocenters.